The molecule has 0 bridgehead atoms. The van der Waals surface area contributed by atoms with E-state index in [4.69, 9.17) is 11.6 Å². The number of H-pyrrole nitrogens is 1. The number of aryl methyl sites for hydroxylation is 1. The second kappa shape index (κ2) is 4.95. The first kappa shape index (κ1) is 13.5. The number of aromatic amines is 1. The molecule has 1 fully saturated rings. The molecule has 5 nitrogen and oxygen atoms in total. The third-order valence-electron chi connectivity index (χ3n) is 3.97. The molecule has 22 heavy (non-hydrogen) atoms. The lowest BCUT2D eigenvalue weighted by atomic mass is 10.0. The van der Waals surface area contributed by atoms with Crippen LogP contribution in [0.15, 0.2) is 29.1 Å². The monoisotopic (exact) mass is 314 g/mol. The van der Waals surface area contributed by atoms with E-state index in [0.717, 1.165) is 29.7 Å². The number of halogens is 1. The van der Waals surface area contributed by atoms with Crippen LogP contribution < -0.4 is 5.56 Å². The molecule has 0 amide bonds. The lowest BCUT2D eigenvalue weighted by molar-refractivity contribution is 0.829. The van der Waals surface area contributed by atoms with Crippen LogP contribution in [0.3, 0.4) is 0 Å². The van der Waals surface area contributed by atoms with Crippen molar-refractivity contribution in [1.82, 2.24) is 19.6 Å². The number of benzene rings is 1. The standard InChI is InChI=1S/C16H15ClN4O/c1-9-18-16-19-14(11-5-6-11)13(15(22)21(16)20-9)8-10-3-2-4-12(17)7-10/h2-4,7,11H,5-6,8H2,1H3,(H,18,19,20). The Balaban J connectivity index is 1.89. The maximum Gasteiger partial charge on any atom is 0.277 e. The van der Waals surface area contributed by atoms with Gasteiger partial charge < -0.3 is 0 Å². The Hall–Kier alpha value is -2.14. The number of hydrogen-bond acceptors (Lipinski definition) is 3. The first-order valence-electron chi connectivity index (χ1n) is 7.34. The zero-order chi connectivity index (χ0) is 15.3. The molecule has 1 aliphatic carbocycles. The average molecular weight is 315 g/mol. The number of aromatic nitrogens is 4. The Morgan fingerprint density at radius 3 is 2.91 bits per heavy atom. The van der Waals surface area contributed by atoms with Gasteiger partial charge in [-0.2, -0.15) is 9.50 Å². The van der Waals surface area contributed by atoms with Crippen molar-refractivity contribution >= 4 is 17.4 Å². The van der Waals surface area contributed by atoms with Gasteiger partial charge in [0.15, 0.2) is 0 Å². The van der Waals surface area contributed by atoms with Gasteiger partial charge in [0.1, 0.15) is 5.82 Å². The quantitative estimate of drug-likeness (QED) is 0.808. The summed E-state index contributed by atoms with van der Waals surface area (Å²) in [5.41, 5.74) is 2.60. The molecule has 2 aromatic heterocycles. The Labute approximate surface area is 132 Å². The van der Waals surface area contributed by atoms with E-state index in [0.29, 0.717) is 29.0 Å². The molecule has 112 valence electrons. The fourth-order valence-electron chi connectivity index (χ4n) is 2.78. The summed E-state index contributed by atoms with van der Waals surface area (Å²) in [5, 5.41) is 3.63. The highest BCUT2D eigenvalue weighted by Gasteiger charge is 2.30. The van der Waals surface area contributed by atoms with Crippen molar-refractivity contribution in [3.05, 3.63) is 62.3 Å². The third-order valence-corrected chi connectivity index (χ3v) is 4.20. The van der Waals surface area contributed by atoms with Crippen molar-refractivity contribution in [3.63, 3.8) is 0 Å². The number of fused-ring (bicyclic) bond motifs is 1. The van der Waals surface area contributed by atoms with Crippen LogP contribution in [0.25, 0.3) is 5.78 Å². The molecular weight excluding hydrogens is 300 g/mol. The van der Waals surface area contributed by atoms with Gasteiger partial charge in [0.05, 0.1) is 5.69 Å². The van der Waals surface area contributed by atoms with Crippen LogP contribution in [-0.2, 0) is 6.42 Å². The van der Waals surface area contributed by atoms with Crippen LogP contribution in [0.2, 0.25) is 5.02 Å². The molecule has 0 saturated heterocycles. The van der Waals surface area contributed by atoms with Crippen LogP contribution in [0.1, 0.15) is 41.4 Å². The average Bonchev–Trinajstić information content (AvgIpc) is 3.24. The molecule has 3 aromatic rings. The highest BCUT2D eigenvalue weighted by molar-refractivity contribution is 6.30. The van der Waals surface area contributed by atoms with Gasteiger partial charge in [-0.05, 0) is 37.5 Å². The van der Waals surface area contributed by atoms with E-state index in [9.17, 15) is 4.79 Å². The first-order valence-corrected chi connectivity index (χ1v) is 7.72. The second-order valence-corrected chi connectivity index (χ2v) is 6.24. The smallest absolute Gasteiger partial charge is 0.275 e. The number of nitrogens with zero attached hydrogens (tertiary/aromatic N) is 3. The molecule has 0 unspecified atom stereocenters. The Bertz CT molecular complexity index is 924. The number of hydrogen-bond donors (Lipinski definition) is 1. The van der Waals surface area contributed by atoms with E-state index < -0.39 is 0 Å². The van der Waals surface area contributed by atoms with Gasteiger partial charge in [-0.15, -0.1) is 0 Å². The molecule has 1 saturated carbocycles. The lowest BCUT2D eigenvalue weighted by Gasteiger charge is -2.08. The maximum absolute atomic E-state index is 12.8. The minimum absolute atomic E-state index is 0.0625. The van der Waals surface area contributed by atoms with Gasteiger partial charge in [-0.1, -0.05) is 23.7 Å². The Morgan fingerprint density at radius 2 is 2.18 bits per heavy atom. The van der Waals surface area contributed by atoms with Crippen LogP contribution >= 0.6 is 11.6 Å². The van der Waals surface area contributed by atoms with Crippen LogP contribution in [0, 0.1) is 6.92 Å². The fraction of sp³-hybridized carbons (Fsp3) is 0.312. The van der Waals surface area contributed by atoms with Crippen molar-refractivity contribution < 1.29 is 0 Å². The largest absolute Gasteiger partial charge is 0.277 e. The molecule has 0 radical (unpaired) electrons. The molecule has 1 aromatic carbocycles. The lowest BCUT2D eigenvalue weighted by Crippen LogP contribution is -2.23. The van der Waals surface area contributed by atoms with Crippen molar-refractivity contribution in [2.24, 2.45) is 0 Å². The van der Waals surface area contributed by atoms with Crippen molar-refractivity contribution in [2.75, 3.05) is 0 Å². The molecule has 1 N–H and O–H groups in total. The van der Waals surface area contributed by atoms with E-state index in [2.05, 4.69) is 15.1 Å². The molecule has 0 atom stereocenters. The third kappa shape index (κ3) is 2.31. The van der Waals surface area contributed by atoms with Gasteiger partial charge in [0.2, 0.25) is 0 Å². The molecule has 1 aliphatic rings. The maximum atomic E-state index is 12.8. The van der Waals surface area contributed by atoms with E-state index in [-0.39, 0.29) is 5.56 Å². The number of nitrogens with one attached hydrogen (secondary N) is 1. The molecule has 2 heterocycles. The summed E-state index contributed by atoms with van der Waals surface area (Å²) in [6, 6.07) is 7.61. The van der Waals surface area contributed by atoms with Gasteiger partial charge in [0.25, 0.3) is 11.3 Å². The summed E-state index contributed by atoms with van der Waals surface area (Å²) < 4.78 is 1.43. The minimum atomic E-state index is -0.0625. The van der Waals surface area contributed by atoms with Crippen molar-refractivity contribution in [1.29, 1.82) is 0 Å². The van der Waals surface area contributed by atoms with E-state index in [1.807, 2.05) is 31.2 Å². The molecule has 0 spiro atoms. The predicted octanol–water partition coefficient (Wildman–Crippen LogP) is 2.85. The predicted molar refractivity (Wildman–Crippen MR) is 84.6 cm³/mol. The second-order valence-electron chi connectivity index (χ2n) is 5.81. The zero-order valence-electron chi connectivity index (χ0n) is 12.1. The van der Waals surface area contributed by atoms with Crippen LogP contribution in [0.4, 0.5) is 0 Å². The molecule has 6 heteroatoms. The highest BCUT2D eigenvalue weighted by Crippen LogP contribution is 2.40. The van der Waals surface area contributed by atoms with Gasteiger partial charge in [-0.3, -0.25) is 9.89 Å². The number of rotatable bonds is 3. The summed E-state index contributed by atoms with van der Waals surface area (Å²) >= 11 is 6.05. The van der Waals surface area contributed by atoms with Crippen LogP contribution in [-0.4, -0.2) is 19.6 Å². The Morgan fingerprint density at radius 1 is 1.36 bits per heavy atom. The summed E-state index contributed by atoms with van der Waals surface area (Å²) in [4.78, 5) is 21.7. The van der Waals surface area contributed by atoms with Gasteiger partial charge in [0, 0.05) is 22.9 Å². The summed E-state index contributed by atoms with van der Waals surface area (Å²) in [6.07, 6.45) is 2.72. The summed E-state index contributed by atoms with van der Waals surface area (Å²) in [5.74, 6) is 1.54. The summed E-state index contributed by atoms with van der Waals surface area (Å²) in [6.45, 7) is 1.82. The SMILES string of the molecule is Cc1nc2nc(C3CC3)c(Cc3cccc(Cl)c3)c(=O)n2[nH]1. The van der Waals surface area contributed by atoms with Crippen LogP contribution in [0.5, 0.6) is 0 Å². The Kier molecular flexibility index (Phi) is 3.04. The highest BCUT2D eigenvalue weighted by atomic mass is 35.5. The fourth-order valence-corrected chi connectivity index (χ4v) is 3.00. The minimum Gasteiger partial charge on any atom is -0.275 e. The first-order chi connectivity index (χ1) is 10.6. The van der Waals surface area contributed by atoms with Gasteiger partial charge in [-0.25, -0.2) is 4.98 Å². The molecular formula is C16H15ClN4O. The molecule has 4 rings (SSSR count). The van der Waals surface area contributed by atoms with E-state index in [1.165, 1.54) is 4.52 Å². The normalized spacial score (nSPS) is 14.6. The van der Waals surface area contributed by atoms with Crippen molar-refractivity contribution in [3.8, 4) is 0 Å². The topological polar surface area (TPSA) is 63.1 Å². The van der Waals surface area contributed by atoms with Crippen molar-refractivity contribution in [2.45, 2.75) is 32.1 Å². The summed E-state index contributed by atoms with van der Waals surface area (Å²) in [7, 11) is 0. The van der Waals surface area contributed by atoms with E-state index >= 15 is 0 Å². The van der Waals surface area contributed by atoms with Gasteiger partial charge >= 0.3 is 0 Å². The zero-order valence-corrected chi connectivity index (χ0v) is 12.9. The molecule has 0 aliphatic heterocycles. The van der Waals surface area contributed by atoms with E-state index in [1.54, 1.807) is 0 Å².